The highest BCUT2D eigenvalue weighted by Crippen LogP contribution is 2.35. The summed E-state index contributed by atoms with van der Waals surface area (Å²) in [6, 6.07) is 18.7. The van der Waals surface area contributed by atoms with E-state index >= 15 is 0 Å². The highest BCUT2D eigenvalue weighted by atomic mass is 19.4. The zero-order valence-electron chi connectivity index (χ0n) is 24.2. The Morgan fingerprint density at radius 1 is 0.977 bits per heavy atom. The monoisotopic (exact) mass is 603 g/mol. The van der Waals surface area contributed by atoms with Crippen molar-refractivity contribution in [2.24, 2.45) is 0 Å². The van der Waals surface area contributed by atoms with E-state index in [4.69, 9.17) is 4.74 Å². The summed E-state index contributed by atoms with van der Waals surface area (Å²) in [4.78, 5) is 24.7. The maximum atomic E-state index is 13.1. The van der Waals surface area contributed by atoms with Gasteiger partial charge in [-0.15, -0.1) is 13.2 Å². The fourth-order valence-electron chi connectivity index (χ4n) is 5.46. The minimum absolute atomic E-state index is 0.211. The van der Waals surface area contributed by atoms with Crippen molar-refractivity contribution >= 4 is 23.2 Å². The van der Waals surface area contributed by atoms with Gasteiger partial charge < -0.3 is 20.1 Å². The lowest BCUT2D eigenvalue weighted by atomic mass is 10.0. The van der Waals surface area contributed by atoms with Crippen LogP contribution in [0, 0.1) is 6.92 Å². The van der Waals surface area contributed by atoms with Crippen molar-refractivity contribution in [3.8, 4) is 22.9 Å². The van der Waals surface area contributed by atoms with Gasteiger partial charge in [0.1, 0.15) is 5.75 Å². The second-order valence-electron chi connectivity index (χ2n) is 11.0. The molecule has 1 aromatic heterocycles. The Morgan fingerprint density at radius 2 is 1.73 bits per heavy atom. The van der Waals surface area contributed by atoms with E-state index < -0.39 is 6.36 Å². The van der Waals surface area contributed by atoms with Gasteiger partial charge in [-0.1, -0.05) is 12.1 Å². The van der Waals surface area contributed by atoms with Crippen molar-refractivity contribution in [2.45, 2.75) is 45.5 Å². The molecule has 6 rings (SSSR count). The van der Waals surface area contributed by atoms with E-state index in [2.05, 4.69) is 36.3 Å². The molecule has 1 fully saturated rings. The molecule has 1 amide bonds. The molecule has 0 unspecified atom stereocenters. The van der Waals surface area contributed by atoms with Crippen LogP contribution in [0.15, 0.2) is 66.7 Å². The second kappa shape index (κ2) is 12.5. The number of benzene rings is 3. The number of nitrogens with one attached hydrogen (secondary N) is 2. The van der Waals surface area contributed by atoms with Gasteiger partial charge in [0, 0.05) is 34.6 Å². The van der Waals surface area contributed by atoms with E-state index in [1.54, 1.807) is 24.3 Å². The van der Waals surface area contributed by atoms with Crippen LogP contribution in [0.5, 0.6) is 11.6 Å². The number of aromatic nitrogens is 2. The molecule has 4 aromatic rings. The van der Waals surface area contributed by atoms with Crippen LogP contribution in [0.25, 0.3) is 11.3 Å². The van der Waals surface area contributed by atoms with E-state index in [-0.39, 0.29) is 17.6 Å². The van der Waals surface area contributed by atoms with Crippen LogP contribution in [0.4, 0.5) is 30.5 Å². The molecule has 228 valence electrons. The van der Waals surface area contributed by atoms with Crippen molar-refractivity contribution in [2.75, 3.05) is 30.3 Å². The number of rotatable bonds is 8. The van der Waals surface area contributed by atoms with Crippen LogP contribution in [0.3, 0.4) is 0 Å². The highest BCUT2D eigenvalue weighted by Gasteiger charge is 2.31. The van der Waals surface area contributed by atoms with Gasteiger partial charge in [-0.05, 0) is 111 Å². The number of carbonyl (C=O) groups is 1. The Hall–Kier alpha value is -4.64. The molecule has 11 heteroatoms. The van der Waals surface area contributed by atoms with Crippen LogP contribution in [0.1, 0.15) is 46.3 Å². The lowest BCUT2D eigenvalue weighted by molar-refractivity contribution is -0.274. The summed E-state index contributed by atoms with van der Waals surface area (Å²) in [6.07, 6.45) is -0.862. The van der Waals surface area contributed by atoms with Crippen LogP contribution >= 0.6 is 0 Å². The number of anilines is 3. The quantitative estimate of drug-likeness (QED) is 0.219. The minimum atomic E-state index is -4.77. The van der Waals surface area contributed by atoms with E-state index in [1.807, 2.05) is 19.1 Å². The number of aryl methyl sites for hydroxylation is 1. The molecular formula is C33H32F3N5O3. The first-order valence-corrected chi connectivity index (χ1v) is 14.6. The zero-order valence-corrected chi connectivity index (χ0v) is 24.2. The van der Waals surface area contributed by atoms with Gasteiger partial charge in [0.2, 0.25) is 11.8 Å². The first-order valence-electron chi connectivity index (χ1n) is 14.6. The maximum Gasteiger partial charge on any atom is 0.573 e. The predicted octanol–water partition coefficient (Wildman–Crippen LogP) is 7.27. The van der Waals surface area contributed by atoms with Crippen molar-refractivity contribution in [1.29, 1.82) is 0 Å². The summed E-state index contributed by atoms with van der Waals surface area (Å²) < 4.78 is 47.7. The first kappa shape index (κ1) is 29.4. The smallest absolute Gasteiger partial charge is 0.477 e. The average Bonchev–Trinajstić information content (AvgIpc) is 3.51. The normalized spacial score (nSPS) is 14.9. The topological polar surface area (TPSA) is 88.6 Å². The summed E-state index contributed by atoms with van der Waals surface area (Å²) in [5.74, 6) is 0.168. The van der Waals surface area contributed by atoms with E-state index in [9.17, 15) is 18.0 Å². The van der Waals surface area contributed by atoms with Crippen LogP contribution in [0.2, 0.25) is 0 Å². The lowest BCUT2D eigenvalue weighted by Gasteiger charge is -2.20. The number of carbonyl (C=O) groups excluding carboxylic acids is 1. The summed E-state index contributed by atoms with van der Waals surface area (Å²) in [7, 11) is 0. The largest absolute Gasteiger partial charge is 0.573 e. The number of nitrogens with zero attached hydrogens (tertiary/aromatic N) is 3. The highest BCUT2D eigenvalue weighted by molar-refractivity contribution is 6.04. The molecule has 1 saturated heterocycles. The SMILES string of the molecule is Cc1ccc(CN2CCCC2)cc1NC(=O)c1ccc(Nc2nc3c(c(-c4ccc(OC(F)(F)F)cc4)n2)CCCO3)cc1. The zero-order chi connectivity index (χ0) is 30.7. The Kier molecular flexibility index (Phi) is 8.38. The minimum Gasteiger partial charge on any atom is -0.477 e. The number of hydrogen-bond acceptors (Lipinski definition) is 7. The number of ether oxygens (including phenoxy) is 2. The van der Waals surface area contributed by atoms with Crippen LogP contribution < -0.4 is 20.1 Å². The number of fused-ring (bicyclic) bond motifs is 1. The molecule has 2 aliphatic heterocycles. The molecule has 44 heavy (non-hydrogen) atoms. The van der Waals surface area contributed by atoms with Gasteiger partial charge in [0.05, 0.1) is 12.3 Å². The third kappa shape index (κ3) is 7.11. The molecule has 0 atom stereocenters. The summed E-state index contributed by atoms with van der Waals surface area (Å²) in [5.41, 5.74) is 6.07. The van der Waals surface area contributed by atoms with Gasteiger partial charge in [-0.3, -0.25) is 9.69 Å². The van der Waals surface area contributed by atoms with Gasteiger partial charge in [0.25, 0.3) is 5.91 Å². The molecule has 0 spiro atoms. The molecule has 3 aromatic carbocycles. The second-order valence-corrected chi connectivity index (χ2v) is 11.0. The molecule has 3 heterocycles. The fraction of sp³-hybridized carbons (Fsp3) is 0.303. The van der Waals surface area contributed by atoms with E-state index in [0.29, 0.717) is 41.4 Å². The maximum absolute atomic E-state index is 13.1. The van der Waals surface area contributed by atoms with Crippen LogP contribution in [-0.4, -0.2) is 46.8 Å². The molecular weight excluding hydrogens is 571 g/mol. The van der Waals surface area contributed by atoms with Crippen molar-refractivity contribution in [3.05, 3.63) is 89.0 Å². The summed E-state index contributed by atoms with van der Waals surface area (Å²) in [5, 5.41) is 6.21. The van der Waals surface area contributed by atoms with E-state index in [0.717, 1.165) is 42.9 Å². The third-order valence-corrected chi connectivity index (χ3v) is 7.70. The molecule has 2 N–H and O–H groups in total. The van der Waals surface area contributed by atoms with Crippen molar-refractivity contribution in [1.82, 2.24) is 14.9 Å². The predicted molar refractivity (Wildman–Crippen MR) is 161 cm³/mol. The number of amides is 1. The molecule has 8 nitrogen and oxygen atoms in total. The average molecular weight is 604 g/mol. The lowest BCUT2D eigenvalue weighted by Crippen LogP contribution is -2.19. The molecule has 0 saturated carbocycles. The number of halogens is 3. The standard InChI is InChI=1S/C33H32F3N5O3/c1-21-6-7-22(20-41-16-2-3-17-41)19-28(21)38-30(42)24-8-12-25(13-9-24)37-32-39-29(27-5-4-18-43-31(27)40-32)23-10-14-26(15-11-23)44-33(34,35)36/h6-15,19H,2-5,16-18,20H2,1H3,(H,38,42)(H,37,39,40). The molecule has 0 aliphatic carbocycles. The fourth-order valence-corrected chi connectivity index (χ4v) is 5.46. The Bertz CT molecular complexity index is 1640. The molecule has 0 radical (unpaired) electrons. The third-order valence-electron chi connectivity index (χ3n) is 7.70. The Labute approximate surface area is 253 Å². The van der Waals surface area contributed by atoms with Gasteiger partial charge >= 0.3 is 6.36 Å². The van der Waals surface area contributed by atoms with Gasteiger partial charge in [-0.2, -0.15) is 4.98 Å². The Morgan fingerprint density at radius 3 is 2.45 bits per heavy atom. The molecule has 2 aliphatic rings. The van der Waals surface area contributed by atoms with Gasteiger partial charge in [0.15, 0.2) is 0 Å². The summed E-state index contributed by atoms with van der Waals surface area (Å²) in [6.45, 7) is 5.57. The number of alkyl halides is 3. The molecule has 0 bridgehead atoms. The number of likely N-dealkylation sites (tertiary alicyclic amines) is 1. The van der Waals surface area contributed by atoms with Crippen molar-refractivity contribution < 1.29 is 27.4 Å². The van der Waals surface area contributed by atoms with Crippen LogP contribution in [-0.2, 0) is 13.0 Å². The Balaban J connectivity index is 1.17. The summed E-state index contributed by atoms with van der Waals surface area (Å²) >= 11 is 0. The number of hydrogen-bond donors (Lipinski definition) is 2. The first-order chi connectivity index (χ1) is 21.2. The van der Waals surface area contributed by atoms with Gasteiger partial charge in [-0.25, -0.2) is 4.98 Å². The van der Waals surface area contributed by atoms with Crippen molar-refractivity contribution in [3.63, 3.8) is 0 Å². The van der Waals surface area contributed by atoms with E-state index in [1.165, 1.54) is 42.7 Å².